The number of H-pyrrole nitrogens is 1. The molecular formula is C23H33N3O. The molecule has 2 aliphatic heterocycles. The lowest BCUT2D eigenvalue weighted by atomic mass is 9.83. The molecular weight excluding hydrogens is 334 g/mol. The minimum Gasteiger partial charge on any atom is -0.361 e. The first-order valence-electron chi connectivity index (χ1n) is 10.8. The van der Waals surface area contributed by atoms with Crippen molar-refractivity contribution in [3.05, 3.63) is 36.0 Å². The highest BCUT2D eigenvalue weighted by Crippen LogP contribution is 2.31. The third kappa shape index (κ3) is 4.21. The summed E-state index contributed by atoms with van der Waals surface area (Å²) in [6, 6.07) is 9.12. The second-order valence-electron chi connectivity index (χ2n) is 8.49. The Kier molecular flexibility index (Phi) is 5.82. The first-order valence-corrected chi connectivity index (χ1v) is 10.8. The zero-order chi connectivity index (χ0) is 18.6. The van der Waals surface area contributed by atoms with Crippen LogP contribution in [0.2, 0.25) is 0 Å². The van der Waals surface area contributed by atoms with Crippen LogP contribution < -0.4 is 0 Å². The van der Waals surface area contributed by atoms with Crippen molar-refractivity contribution in [2.24, 2.45) is 5.92 Å². The van der Waals surface area contributed by atoms with Crippen LogP contribution in [0.4, 0.5) is 0 Å². The van der Waals surface area contributed by atoms with Crippen LogP contribution in [0.25, 0.3) is 10.9 Å². The highest BCUT2D eigenvalue weighted by atomic mass is 16.2. The molecule has 4 heteroatoms. The van der Waals surface area contributed by atoms with Crippen LogP contribution in [0.3, 0.4) is 0 Å². The molecule has 146 valence electrons. The van der Waals surface area contributed by atoms with E-state index in [4.69, 9.17) is 0 Å². The van der Waals surface area contributed by atoms with Gasteiger partial charge in [0.15, 0.2) is 0 Å². The van der Waals surface area contributed by atoms with Crippen molar-refractivity contribution in [1.82, 2.24) is 14.8 Å². The molecule has 0 aliphatic carbocycles. The van der Waals surface area contributed by atoms with Gasteiger partial charge in [0.2, 0.25) is 5.91 Å². The lowest BCUT2D eigenvalue weighted by Gasteiger charge is -2.45. The minimum absolute atomic E-state index is 0.308. The van der Waals surface area contributed by atoms with E-state index < -0.39 is 0 Å². The van der Waals surface area contributed by atoms with Crippen molar-refractivity contribution in [3.8, 4) is 0 Å². The molecule has 2 aromatic rings. The number of hydrogen-bond donors (Lipinski definition) is 1. The average molecular weight is 368 g/mol. The standard InChI is InChI=1S/C23H33N3O/c1-25(17-19-9-7-15-26-14-5-4-12-22(19)26)23(27)13-6-8-18-16-24-21-11-3-2-10-20(18)21/h2-3,10-11,16,19,22,24H,4-9,12-15,17H2,1H3/t19-,22+/m0/s1. The van der Waals surface area contributed by atoms with Crippen LogP contribution >= 0.6 is 0 Å². The van der Waals surface area contributed by atoms with E-state index in [1.165, 1.54) is 61.7 Å². The van der Waals surface area contributed by atoms with E-state index in [0.29, 0.717) is 24.3 Å². The second-order valence-corrected chi connectivity index (χ2v) is 8.49. The summed E-state index contributed by atoms with van der Waals surface area (Å²) in [4.78, 5) is 20.7. The Balaban J connectivity index is 1.26. The smallest absolute Gasteiger partial charge is 0.222 e. The van der Waals surface area contributed by atoms with Gasteiger partial charge in [0.25, 0.3) is 0 Å². The van der Waals surface area contributed by atoms with Crippen molar-refractivity contribution in [2.75, 3.05) is 26.7 Å². The number of benzene rings is 1. The van der Waals surface area contributed by atoms with Gasteiger partial charge in [-0.15, -0.1) is 0 Å². The Bertz CT molecular complexity index is 766. The predicted octanol–water partition coefficient (Wildman–Crippen LogP) is 4.21. The maximum atomic E-state index is 12.7. The number of hydrogen-bond acceptors (Lipinski definition) is 2. The van der Waals surface area contributed by atoms with Crippen molar-refractivity contribution >= 4 is 16.8 Å². The lowest BCUT2D eigenvalue weighted by Crippen LogP contribution is -2.51. The van der Waals surface area contributed by atoms with Crippen LogP contribution in [0.5, 0.6) is 0 Å². The van der Waals surface area contributed by atoms with Gasteiger partial charge in [0.05, 0.1) is 0 Å². The molecule has 1 aromatic carbocycles. The van der Waals surface area contributed by atoms with Crippen molar-refractivity contribution < 1.29 is 4.79 Å². The molecule has 4 nitrogen and oxygen atoms in total. The van der Waals surface area contributed by atoms with E-state index in [-0.39, 0.29) is 0 Å². The van der Waals surface area contributed by atoms with E-state index in [1.54, 1.807) is 0 Å². The number of piperidine rings is 2. The van der Waals surface area contributed by atoms with Gasteiger partial charge in [0.1, 0.15) is 0 Å². The molecule has 2 aliphatic rings. The van der Waals surface area contributed by atoms with E-state index in [1.807, 2.05) is 11.9 Å². The molecule has 0 bridgehead atoms. The van der Waals surface area contributed by atoms with Gasteiger partial charge in [-0.2, -0.15) is 0 Å². The lowest BCUT2D eigenvalue weighted by molar-refractivity contribution is -0.131. The summed E-state index contributed by atoms with van der Waals surface area (Å²) in [7, 11) is 2.01. The summed E-state index contributed by atoms with van der Waals surface area (Å²) in [5.74, 6) is 0.976. The van der Waals surface area contributed by atoms with Gasteiger partial charge in [0, 0.05) is 43.2 Å². The Morgan fingerprint density at radius 1 is 1.19 bits per heavy atom. The maximum Gasteiger partial charge on any atom is 0.222 e. The number of nitrogens with zero attached hydrogens (tertiary/aromatic N) is 2. The zero-order valence-electron chi connectivity index (χ0n) is 16.6. The number of carbonyl (C=O) groups excluding carboxylic acids is 1. The summed E-state index contributed by atoms with van der Waals surface area (Å²) in [5, 5.41) is 1.29. The molecule has 0 spiro atoms. The minimum atomic E-state index is 0.308. The largest absolute Gasteiger partial charge is 0.361 e. The van der Waals surface area contributed by atoms with E-state index in [9.17, 15) is 4.79 Å². The predicted molar refractivity (Wildman–Crippen MR) is 111 cm³/mol. The zero-order valence-corrected chi connectivity index (χ0v) is 16.6. The van der Waals surface area contributed by atoms with E-state index in [2.05, 4.69) is 40.3 Å². The number of para-hydroxylation sites is 1. The third-order valence-corrected chi connectivity index (χ3v) is 6.67. The monoisotopic (exact) mass is 367 g/mol. The summed E-state index contributed by atoms with van der Waals surface area (Å²) < 4.78 is 0. The summed E-state index contributed by atoms with van der Waals surface area (Å²) in [6.45, 7) is 3.47. The molecule has 1 N–H and O–H groups in total. The number of carbonyl (C=O) groups is 1. The van der Waals surface area contributed by atoms with Crippen molar-refractivity contribution in [1.29, 1.82) is 0 Å². The van der Waals surface area contributed by atoms with Crippen LogP contribution in [-0.2, 0) is 11.2 Å². The molecule has 4 rings (SSSR count). The average Bonchev–Trinajstić information content (AvgIpc) is 3.11. The SMILES string of the molecule is CN(C[C@@H]1CCCN2CCCC[C@H]12)C(=O)CCCc1c[nH]c2ccccc12. The Labute approximate surface area is 162 Å². The fourth-order valence-corrected chi connectivity index (χ4v) is 5.20. The van der Waals surface area contributed by atoms with Crippen molar-refractivity contribution in [2.45, 2.75) is 57.4 Å². The molecule has 0 unspecified atom stereocenters. The van der Waals surface area contributed by atoms with Crippen LogP contribution in [-0.4, -0.2) is 53.4 Å². The topological polar surface area (TPSA) is 39.3 Å². The van der Waals surface area contributed by atoms with E-state index >= 15 is 0 Å². The molecule has 2 atom stereocenters. The Hall–Kier alpha value is -1.81. The molecule has 2 saturated heterocycles. The van der Waals surface area contributed by atoms with Crippen LogP contribution in [0, 0.1) is 5.92 Å². The van der Waals surface area contributed by atoms with Crippen molar-refractivity contribution in [3.63, 3.8) is 0 Å². The quantitative estimate of drug-likeness (QED) is 0.830. The number of fused-ring (bicyclic) bond motifs is 2. The number of aromatic amines is 1. The fraction of sp³-hybridized carbons (Fsp3) is 0.609. The fourth-order valence-electron chi connectivity index (χ4n) is 5.20. The Morgan fingerprint density at radius 3 is 2.96 bits per heavy atom. The molecule has 1 amide bonds. The molecule has 2 fully saturated rings. The number of aryl methyl sites for hydroxylation is 1. The first-order chi connectivity index (χ1) is 13.2. The normalized spacial score (nSPS) is 23.3. The van der Waals surface area contributed by atoms with Gasteiger partial charge in [-0.3, -0.25) is 4.79 Å². The number of nitrogens with one attached hydrogen (secondary N) is 1. The summed E-state index contributed by atoms with van der Waals surface area (Å²) in [6.07, 6.45) is 11.3. The van der Waals surface area contributed by atoms with Gasteiger partial charge in [-0.05, 0) is 69.2 Å². The van der Waals surface area contributed by atoms with Gasteiger partial charge < -0.3 is 14.8 Å². The highest BCUT2D eigenvalue weighted by molar-refractivity contribution is 5.83. The van der Waals surface area contributed by atoms with E-state index in [0.717, 1.165) is 19.4 Å². The first kappa shape index (κ1) is 18.5. The van der Waals surface area contributed by atoms with Gasteiger partial charge in [-0.1, -0.05) is 24.6 Å². The summed E-state index contributed by atoms with van der Waals surface area (Å²) >= 11 is 0. The molecule has 3 heterocycles. The highest BCUT2D eigenvalue weighted by Gasteiger charge is 2.33. The van der Waals surface area contributed by atoms with Crippen LogP contribution in [0.1, 0.15) is 50.5 Å². The Morgan fingerprint density at radius 2 is 2.04 bits per heavy atom. The second kappa shape index (κ2) is 8.47. The third-order valence-electron chi connectivity index (χ3n) is 6.67. The molecule has 0 radical (unpaired) electrons. The molecule has 27 heavy (non-hydrogen) atoms. The number of rotatable bonds is 6. The number of aromatic nitrogens is 1. The molecule has 0 saturated carbocycles. The number of amides is 1. The van der Waals surface area contributed by atoms with Gasteiger partial charge in [-0.25, -0.2) is 0 Å². The maximum absolute atomic E-state index is 12.7. The van der Waals surface area contributed by atoms with Gasteiger partial charge >= 0.3 is 0 Å². The summed E-state index contributed by atoms with van der Waals surface area (Å²) in [5.41, 5.74) is 2.51. The molecule has 1 aromatic heterocycles. The van der Waals surface area contributed by atoms with Crippen LogP contribution in [0.15, 0.2) is 30.5 Å².